The van der Waals surface area contributed by atoms with Crippen molar-refractivity contribution in [2.75, 3.05) is 5.84 Å². The third-order valence-corrected chi connectivity index (χ3v) is 5.13. The maximum absolute atomic E-state index is 13.8. The lowest BCUT2D eigenvalue weighted by Gasteiger charge is -2.07. The maximum Gasteiger partial charge on any atom is 0.210 e. The van der Waals surface area contributed by atoms with Crippen molar-refractivity contribution in [1.82, 2.24) is 14.9 Å². The Morgan fingerprint density at radius 2 is 1.88 bits per heavy atom. The molecule has 0 aliphatic heterocycles. The van der Waals surface area contributed by atoms with Gasteiger partial charge in [-0.15, -0.1) is 10.2 Å². The number of hydrogen-bond donors (Lipinski definition) is 1. The molecule has 3 aromatic rings. The summed E-state index contributed by atoms with van der Waals surface area (Å²) in [7, 11) is 0. The number of nitrogens with two attached hydrogens (primary N) is 1. The van der Waals surface area contributed by atoms with Gasteiger partial charge >= 0.3 is 0 Å². The van der Waals surface area contributed by atoms with Crippen LogP contribution in [0.4, 0.5) is 4.39 Å². The Hall–Kier alpha value is -1.47. The molecule has 0 amide bonds. The molecule has 124 valence electrons. The molecule has 24 heavy (non-hydrogen) atoms. The first-order valence-corrected chi connectivity index (χ1v) is 8.81. The lowest BCUT2D eigenvalue weighted by atomic mass is 10.2. The van der Waals surface area contributed by atoms with Crippen molar-refractivity contribution in [1.29, 1.82) is 0 Å². The van der Waals surface area contributed by atoms with Crippen LogP contribution >= 0.6 is 46.6 Å². The van der Waals surface area contributed by atoms with Crippen molar-refractivity contribution in [3.63, 3.8) is 0 Å². The Kier molecular flexibility index (Phi) is 5.20. The molecular formula is C15H10Cl3FN4S. The Labute approximate surface area is 156 Å². The van der Waals surface area contributed by atoms with Gasteiger partial charge in [0.15, 0.2) is 5.82 Å². The minimum atomic E-state index is -0.379. The van der Waals surface area contributed by atoms with Crippen molar-refractivity contribution < 1.29 is 4.39 Å². The lowest BCUT2D eigenvalue weighted by Crippen LogP contribution is -2.11. The predicted molar refractivity (Wildman–Crippen MR) is 96.6 cm³/mol. The highest BCUT2D eigenvalue weighted by Gasteiger charge is 2.16. The molecule has 0 fully saturated rings. The van der Waals surface area contributed by atoms with Gasteiger partial charge in [-0.25, -0.2) is 9.07 Å². The van der Waals surface area contributed by atoms with Crippen molar-refractivity contribution in [3.05, 3.63) is 62.8 Å². The molecule has 0 aliphatic rings. The van der Waals surface area contributed by atoms with Gasteiger partial charge in [0, 0.05) is 26.9 Å². The zero-order valence-electron chi connectivity index (χ0n) is 12.0. The van der Waals surface area contributed by atoms with Crippen molar-refractivity contribution in [2.24, 2.45) is 0 Å². The van der Waals surface area contributed by atoms with E-state index in [0.29, 0.717) is 37.2 Å². The van der Waals surface area contributed by atoms with E-state index in [2.05, 4.69) is 10.2 Å². The fourth-order valence-corrected chi connectivity index (χ4v) is 3.61. The van der Waals surface area contributed by atoms with E-state index in [1.54, 1.807) is 30.3 Å². The van der Waals surface area contributed by atoms with Gasteiger partial charge in [0.2, 0.25) is 5.16 Å². The van der Waals surface area contributed by atoms with Crippen LogP contribution in [0, 0.1) is 5.82 Å². The molecule has 0 aliphatic carbocycles. The molecule has 3 rings (SSSR count). The summed E-state index contributed by atoms with van der Waals surface area (Å²) in [5.74, 6) is 6.29. The smallest absolute Gasteiger partial charge is 0.210 e. The number of halogens is 4. The van der Waals surface area contributed by atoms with E-state index >= 15 is 0 Å². The molecule has 0 atom stereocenters. The minimum absolute atomic E-state index is 0.268. The van der Waals surface area contributed by atoms with E-state index in [1.165, 1.54) is 22.5 Å². The summed E-state index contributed by atoms with van der Waals surface area (Å²) in [5, 5.41) is 9.77. The first-order chi connectivity index (χ1) is 11.5. The Morgan fingerprint density at radius 1 is 1.08 bits per heavy atom. The van der Waals surface area contributed by atoms with E-state index < -0.39 is 0 Å². The van der Waals surface area contributed by atoms with E-state index in [9.17, 15) is 4.39 Å². The highest BCUT2D eigenvalue weighted by molar-refractivity contribution is 7.98. The third kappa shape index (κ3) is 3.47. The van der Waals surface area contributed by atoms with Crippen LogP contribution < -0.4 is 5.84 Å². The average Bonchev–Trinajstić information content (AvgIpc) is 2.90. The van der Waals surface area contributed by atoms with Crippen LogP contribution in [0.15, 0.2) is 41.6 Å². The first kappa shape index (κ1) is 17.4. The van der Waals surface area contributed by atoms with Crippen LogP contribution in [-0.4, -0.2) is 14.9 Å². The molecule has 0 saturated heterocycles. The number of rotatable bonds is 4. The number of nitrogen functional groups attached to an aromatic ring is 1. The van der Waals surface area contributed by atoms with E-state index in [1.807, 2.05) is 0 Å². The minimum Gasteiger partial charge on any atom is -0.335 e. The number of nitrogens with zero attached hydrogens (tertiary/aromatic N) is 3. The van der Waals surface area contributed by atoms with E-state index in [-0.39, 0.29) is 11.6 Å². The molecular weight excluding hydrogens is 394 g/mol. The zero-order valence-corrected chi connectivity index (χ0v) is 15.1. The lowest BCUT2D eigenvalue weighted by molar-refractivity contribution is 0.617. The number of hydrogen-bond acceptors (Lipinski definition) is 4. The molecule has 0 unspecified atom stereocenters. The molecule has 2 N–H and O–H groups in total. The zero-order chi connectivity index (χ0) is 17.3. The predicted octanol–water partition coefficient (Wildman–Crippen LogP) is 5.05. The fraction of sp³-hybridized carbons (Fsp3) is 0.0667. The van der Waals surface area contributed by atoms with Gasteiger partial charge in [0.05, 0.1) is 5.02 Å². The second-order valence-electron chi connectivity index (χ2n) is 4.79. The van der Waals surface area contributed by atoms with Gasteiger partial charge in [-0.2, -0.15) is 0 Å². The summed E-state index contributed by atoms with van der Waals surface area (Å²) >= 11 is 19.4. The van der Waals surface area contributed by atoms with Crippen LogP contribution in [0.25, 0.3) is 11.4 Å². The summed E-state index contributed by atoms with van der Waals surface area (Å²) in [4.78, 5) is 0. The van der Waals surface area contributed by atoms with E-state index in [0.717, 1.165) is 0 Å². The molecule has 9 heteroatoms. The van der Waals surface area contributed by atoms with Crippen LogP contribution in [-0.2, 0) is 5.75 Å². The van der Waals surface area contributed by atoms with Crippen LogP contribution in [0.2, 0.25) is 15.1 Å². The Bertz CT molecular complexity index is 880. The second kappa shape index (κ2) is 7.19. The highest BCUT2D eigenvalue weighted by Crippen LogP contribution is 2.32. The third-order valence-electron chi connectivity index (χ3n) is 3.24. The largest absolute Gasteiger partial charge is 0.335 e. The molecule has 4 nitrogen and oxygen atoms in total. The maximum atomic E-state index is 13.8. The van der Waals surface area contributed by atoms with Gasteiger partial charge in [0.25, 0.3) is 0 Å². The van der Waals surface area contributed by atoms with Crippen LogP contribution in [0.5, 0.6) is 0 Å². The van der Waals surface area contributed by atoms with Gasteiger partial charge in [-0.05, 0) is 30.3 Å². The van der Waals surface area contributed by atoms with Crippen molar-refractivity contribution in [2.45, 2.75) is 10.9 Å². The molecule has 2 aromatic carbocycles. The van der Waals surface area contributed by atoms with Gasteiger partial charge in [-0.3, -0.25) is 0 Å². The normalized spacial score (nSPS) is 11.0. The first-order valence-electron chi connectivity index (χ1n) is 6.69. The SMILES string of the molecule is Nn1c(SCc2c(F)cccc2Cl)nnc1-c1cc(Cl)ccc1Cl. The summed E-state index contributed by atoms with van der Waals surface area (Å²) in [6, 6.07) is 9.51. The topological polar surface area (TPSA) is 56.7 Å². The number of aromatic nitrogens is 3. The Balaban J connectivity index is 1.87. The summed E-state index contributed by atoms with van der Waals surface area (Å²) in [6.07, 6.45) is 0. The molecule has 1 heterocycles. The summed E-state index contributed by atoms with van der Waals surface area (Å²) in [6.45, 7) is 0. The van der Waals surface area contributed by atoms with E-state index in [4.69, 9.17) is 40.6 Å². The van der Waals surface area contributed by atoms with Crippen LogP contribution in [0.3, 0.4) is 0 Å². The average molecular weight is 404 g/mol. The standard InChI is InChI=1S/C15H10Cl3FN4S/c16-8-4-5-12(18)9(6-8)14-21-22-15(23(14)20)24-7-10-11(17)2-1-3-13(10)19/h1-6H,7,20H2. The molecule has 0 saturated carbocycles. The number of thioether (sulfide) groups is 1. The summed E-state index contributed by atoms with van der Waals surface area (Å²) < 4.78 is 15.1. The Morgan fingerprint density at radius 3 is 2.62 bits per heavy atom. The molecule has 0 radical (unpaired) electrons. The quantitative estimate of drug-likeness (QED) is 0.489. The molecule has 0 spiro atoms. The highest BCUT2D eigenvalue weighted by atomic mass is 35.5. The van der Waals surface area contributed by atoms with Crippen LogP contribution in [0.1, 0.15) is 5.56 Å². The van der Waals surface area contributed by atoms with Gasteiger partial charge in [0.1, 0.15) is 5.82 Å². The number of benzene rings is 2. The fourth-order valence-electron chi connectivity index (χ4n) is 2.03. The molecule has 1 aromatic heterocycles. The van der Waals surface area contributed by atoms with Gasteiger partial charge in [-0.1, -0.05) is 52.6 Å². The van der Waals surface area contributed by atoms with Gasteiger partial charge < -0.3 is 5.84 Å². The second-order valence-corrected chi connectivity index (χ2v) is 6.98. The van der Waals surface area contributed by atoms with Crippen molar-refractivity contribution >= 4 is 46.6 Å². The summed E-state index contributed by atoms with van der Waals surface area (Å²) in [5.41, 5.74) is 0.949. The molecule has 0 bridgehead atoms. The van der Waals surface area contributed by atoms with Crippen molar-refractivity contribution in [3.8, 4) is 11.4 Å². The monoisotopic (exact) mass is 402 g/mol.